The maximum atomic E-state index is 12.1. The summed E-state index contributed by atoms with van der Waals surface area (Å²) in [5, 5.41) is 4.42. The van der Waals surface area contributed by atoms with Gasteiger partial charge in [-0.15, -0.1) is 0 Å². The molecule has 0 atom stereocenters. The lowest BCUT2D eigenvalue weighted by Gasteiger charge is -2.07. The molecular formula is C11H12BrClN4O2S. The lowest BCUT2D eigenvalue weighted by atomic mass is 10.4. The molecule has 9 heteroatoms. The fourth-order valence-corrected chi connectivity index (χ4v) is 3.22. The molecule has 1 aromatic carbocycles. The van der Waals surface area contributed by atoms with Gasteiger partial charge < -0.3 is 5.73 Å². The summed E-state index contributed by atoms with van der Waals surface area (Å²) in [7, 11) is -3.57. The molecule has 0 aliphatic rings. The van der Waals surface area contributed by atoms with Gasteiger partial charge >= 0.3 is 0 Å². The molecular weight excluding hydrogens is 368 g/mol. The van der Waals surface area contributed by atoms with Gasteiger partial charge in [0.1, 0.15) is 0 Å². The van der Waals surface area contributed by atoms with Gasteiger partial charge in [0.2, 0.25) is 10.0 Å². The van der Waals surface area contributed by atoms with Crippen LogP contribution in [0.25, 0.3) is 0 Å². The van der Waals surface area contributed by atoms with Crippen LogP contribution in [0, 0.1) is 0 Å². The number of nitrogens with zero attached hydrogens (tertiary/aromatic N) is 2. The molecule has 20 heavy (non-hydrogen) atoms. The van der Waals surface area contributed by atoms with E-state index in [1.165, 1.54) is 24.4 Å². The lowest BCUT2D eigenvalue weighted by molar-refractivity contribution is 0.561. The highest BCUT2D eigenvalue weighted by atomic mass is 79.9. The number of rotatable bonds is 5. The van der Waals surface area contributed by atoms with Crippen LogP contribution in [0.2, 0.25) is 5.02 Å². The summed E-state index contributed by atoms with van der Waals surface area (Å²) < 4.78 is 28.7. The van der Waals surface area contributed by atoms with Gasteiger partial charge in [-0.3, -0.25) is 4.68 Å². The van der Waals surface area contributed by atoms with E-state index in [0.29, 0.717) is 21.7 Å². The molecule has 6 nitrogen and oxygen atoms in total. The second-order valence-corrected chi connectivity index (χ2v) is 7.04. The second kappa shape index (κ2) is 6.13. The predicted molar refractivity (Wildman–Crippen MR) is 81.0 cm³/mol. The van der Waals surface area contributed by atoms with Crippen LogP contribution in [0.15, 0.2) is 40.0 Å². The Kier molecular flexibility index (Phi) is 4.69. The first kappa shape index (κ1) is 15.3. The third-order valence-electron chi connectivity index (χ3n) is 2.49. The van der Waals surface area contributed by atoms with Gasteiger partial charge in [-0.25, -0.2) is 13.1 Å². The average Bonchev–Trinajstić information content (AvgIpc) is 2.78. The normalized spacial score (nSPS) is 11.7. The number of nitrogens with one attached hydrogen (secondary N) is 1. The molecule has 0 saturated carbocycles. The van der Waals surface area contributed by atoms with Gasteiger partial charge in [-0.2, -0.15) is 5.10 Å². The largest absolute Gasteiger partial charge is 0.396 e. The summed E-state index contributed by atoms with van der Waals surface area (Å²) in [4.78, 5) is 0.147. The zero-order valence-electron chi connectivity index (χ0n) is 10.3. The Morgan fingerprint density at radius 1 is 1.45 bits per heavy atom. The minimum Gasteiger partial charge on any atom is -0.396 e. The van der Waals surface area contributed by atoms with Gasteiger partial charge in [0, 0.05) is 17.2 Å². The summed E-state index contributed by atoms with van der Waals surface area (Å²) in [6.07, 6.45) is 3.14. The summed E-state index contributed by atoms with van der Waals surface area (Å²) in [5.74, 6) is 0. The molecule has 1 aromatic heterocycles. The maximum Gasteiger partial charge on any atom is 0.240 e. The van der Waals surface area contributed by atoms with Crippen molar-refractivity contribution in [1.29, 1.82) is 0 Å². The highest BCUT2D eigenvalue weighted by Gasteiger charge is 2.14. The molecule has 3 N–H and O–H groups in total. The van der Waals surface area contributed by atoms with Crippen molar-refractivity contribution in [2.75, 3.05) is 12.3 Å². The molecule has 0 spiro atoms. The third-order valence-corrected chi connectivity index (χ3v) is 5.16. The van der Waals surface area contributed by atoms with Crippen molar-refractivity contribution >= 4 is 43.2 Å². The van der Waals surface area contributed by atoms with Gasteiger partial charge in [0.05, 0.1) is 28.3 Å². The van der Waals surface area contributed by atoms with Crippen molar-refractivity contribution in [1.82, 2.24) is 14.5 Å². The van der Waals surface area contributed by atoms with E-state index in [0.717, 1.165) is 0 Å². The number of halogens is 2. The van der Waals surface area contributed by atoms with E-state index in [-0.39, 0.29) is 11.4 Å². The van der Waals surface area contributed by atoms with Crippen molar-refractivity contribution in [2.24, 2.45) is 0 Å². The summed E-state index contributed by atoms with van der Waals surface area (Å²) in [5.41, 5.74) is 6.05. The van der Waals surface area contributed by atoms with Crippen LogP contribution in [0.1, 0.15) is 0 Å². The van der Waals surface area contributed by atoms with Crippen molar-refractivity contribution in [2.45, 2.75) is 11.4 Å². The van der Waals surface area contributed by atoms with Crippen molar-refractivity contribution < 1.29 is 8.42 Å². The van der Waals surface area contributed by atoms with Gasteiger partial charge in [-0.05, 0) is 34.1 Å². The highest BCUT2D eigenvalue weighted by molar-refractivity contribution is 9.10. The van der Waals surface area contributed by atoms with Crippen LogP contribution in [0.5, 0.6) is 0 Å². The standard InChI is InChI=1S/C11H12BrClN4O2S/c12-10-5-9(1-2-11(10)13)20(18,19)16-3-4-17-7-8(14)6-15-17/h1-2,5-7,16H,3-4,14H2. The summed E-state index contributed by atoms with van der Waals surface area (Å²) in [6, 6.07) is 4.42. The van der Waals surface area contributed by atoms with E-state index in [4.69, 9.17) is 17.3 Å². The first-order valence-electron chi connectivity index (χ1n) is 5.61. The van der Waals surface area contributed by atoms with E-state index in [1.807, 2.05) is 0 Å². The van der Waals surface area contributed by atoms with Crippen LogP contribution < -0.4 is 10.5 Å². The molecule has 0 radical (unpaired) electrons. The number of benzene rings is 1. The fourth-order valence-electron chi connectivity index (χ4n) is 1.52. The highest BCUT2D eigenvalue weighted by Crippen LogP contribution is 2.25. The van der Waals surface area contributed by atoms with Crippen LogP contribution in [0.3, 0.4) is 0 Å². The zero-order valence-corrected chi connectivity index (χ0v) is 13.4. The van der Waals surface area contributed by atoms with E-state index in [9.17, 15) is 8.42 Å². The van der Waals surface area contributed by atoms with Crippen LogP contribution in [-0.2, 0) is 16.6 Å². The molecule has 0 fully saturated rings. The van der Waals surface area contributed by atoms with E-state index < -0.39 is 10.0 Å². The van der Waals surface area contributed by atoms with Crippen molar-refractivity contribution in [3.63, 3.8) is 0 Å². The predicted octanol–water partition coefficient (Wildman–Crippen LogP) is 1.86. The molecule has 2 rings (SSSR count). The molecule has 0 aliphatic carbocycles. The molecule has 1 heterocycles. The quantitative estimate of drug-likeness (QED) is 0.829. The van der Waals surface area contributed by atoms with Crippen LogP contribution in [0.4, 0.5) is 5.69 Å². The minimum absolute atomic E-state index is 0.147. The monoisotopic (exact) mass is 378 g/mol. The number of aromatic nitrogens is 2. The number of hydrogen-bond donors (Lipinski definition) is 2. The topological polar surface area (TPSA) is 90.0 Å². The van der Waals surface area contributed by atoms with Crippen LogP contribution >= 0.6 is 27.5 Å². The molecule has 0 bridgehead atoms. The SMILES string of the molecule is Nc1cnn(CCNS(=O)(=O)c2ccc(Cl)c(Br)c2)c1. The lowest BCUT2D eigenvalue weighted by Crippen LogP contribution is -2.27. The van der Waals surface area contributed by atoms with Crippen LogP contribution in [-0.4, -0.2) is 24.7 Å². The number of anilines is 1. The maximum absolute atomic E-state index is 12.1. The summed E-state index contributed by atoms with van der Waals surface area (Å²) >= 11 is 9.03. The average molecular weight is 380 g/mol. The van der Waals surface area contributed by atoms with Crippen molar-refractivity contribution in [3.8, 4) is 0 Å². The first-order valence-corrected chi connectivity index (χ1v) is 8.26. The number of nitrogens with two attached hydrogens (primary N) is 1. The van der Waals surface area contributed by atoms with Crippen molar-refractivity contribution in [3.05, 3.63) is 40.1 Å². The molecule has 2 aromatic rings. The molecule has 0 amide bonds. The third kappa shape index (κ3) is 3.72. The molecule has 108 valence electrons. The first-order chi connectivity index (χ1) is 9.38. The Morgan fingerprint density at radius 2 is 2.20 bits per heavy atom. The zero-order chi connectivity index (χ0) is 14.8. The molecule has 0 aliphatic heterocycles. The Labute approximate surface area is 130 Å². The van der Waals surface area contributed by atoms with Gasteiger partial charge in [0.25, 0.3) is 0 Å². The second-order valence-electron chi connectivity index (χ2n) is 4.01. The number of hydrogen-bond acceptors (Lipinski definition) is 4. The number of nitrogen functional groups attached to an aromatic ring is 1. The van der Waals surface area contributed by atoms with E-state index in [1.54, 1.807) is 10.9 Å². The number of sulfonamides is 1. The van der Waals surface area contributed by atoms with E-state index in [2.05, 4.69) is 25.8 Å². The Hall–Kier alpha value is -1.09. The molecule has 0 saturated heterocycles. The smallest absolute Gasteiger partial charge is 0.240 e. The summed E-state index contributed by atoms with van der Waals surface area (Å²) in [6.45, 7) is 0.606. The Balaban J connectivity index is 2.02. The van der Waals surface area contributed by atoms with Gasteiger partial charge in [0.15, 0.2) is 0 Å². The fraction of sp³-hybridized carbons (Fsp3) is 0.182. The Bertz CT molecular complexity index is 717. The molecule has 0 unspecified atom stereocenters. The Morgan fingerprint density at radius 3 is 2.80 bits per heavy atom. The van der Waals surface area contributed by atoms with E-state index >= 15 is 0 Å². The minimum atomic E-state index is -3.57. The van der Waals surface area contributed by atoms with Gasteiger partial charge in [-0.1, -0.05) is 11.6 Å².